The number of carbonyl (C=O) groups excluding carboxylic acids is 1. The Morgan fingerprint density at radius 1 is 1.53 bits per heavy atom. The quantitative estimate of drug-likeness (QED) is 0.487. The molecule has 2 rings (SSSR count). The van der Waals surface area contributed by atoms with Crippen LogP contribution in [0.4, 0.5) is 4.39 Å². The second-order valence-electron chi connectivity index (χ2n) is 2.96. The number of alkyl halides is 1. The molecule has 0 amide bonds. The van der Waals surface area contributed by atoms with Crippen LogP contribution in [0.5, 0.6) is 5.75 Å². The standard InChI is InChI=1S/C10H7ClFNO2/c11-5-10(14)15-9-3-6-1-2-13-8(6)4-7(9)12/h1-4,13H,5H2. The van der Waals surface area contributed by atoms with E-state index in [1.54, 1.807) is 12.3 Å². The maximum absolute atomic E-state index is 13.4. The van der Waals surface area contributed by atoms with Crippen molar-refractivity contribution in [1.29, 1.82) is 0 Å². The molecule has 0 radical (unpaired) electrons. The van der Waals surface area contributed by atoms with Gasteiger partial charge in [-0.3, -0.25) is 4.79 Å². The van der Waals surface area contributed by atoms with Gasteiger partial charge in [-0.1, -0.05) is 0 Å². The maximum atomic E-state index is 13.4. The fourth-order valence-corrected chi connectivity index (χ4v) is 1.34. The van der Waals surface area contributed by atoms with Crippen LogP contribution in [0.1, 0.15) is 0 Å². The summed E-state index contributed by atoms with van der Waals surface area (Å²) in [5.41, 5.74) is 0.651. The molecule has 0 atom stereocenters. The van der Waals surface area contributed by atoms with Crippen molar-refractivity contribution < 1.29 is 13.9 Å². The van der Waals surface area contributed by atoms with Gasteiger partial charge in [-0.15, -0.1) is 11.6 Å². The van der Waals surface area contributed by atoms with E-state index in [1.165, 1.54) is 12.1 Å². The van der Waals surface area contributed by atoms with E-state index < -0.39 is 11.8 Å². The summed E-state index contributed by atoms with van der Waals surface area (Å²) in [6, 6.07) is 4.48. The van der Waals surface area contributed by atoms with Gasteiger partial charge in [-0.2, -0.15) is 0 Å². The maximum Gasteiger partial charge on any atom is 0.326 e. The largest absolute Gasteiger partial charge is 0.422 e. The Labute approximate surface area is 89.8 Å². The summed E-state index contributed by atoms with van der Waals surface area (Å²) < 4.78 is 18.1. The molecule has 1 aromatic carbocycles. The third-order valence-corrected chi connectivity index (χ3v) is 2.16. The highest BCUT2D eigenvalue weighted by atomic mass is 35.5. The molecule has 15 heavy (non-hydrogen) atoms. The van der Waals surface area contributed by atoms with Gasteiger partial charge >= 0.3 is 5.97 Å². The summed E-state index contributed by atoms with van der Waals surface area (Å²) in [5, 5.41) is 0.772. The van der Waals surface area contributed by atoms with Gasteiger partial charge < -0.3 is 9.72 Å². The predicted molar refractivity (Wildman–Crippen MR) is 54.6 cm³/mol. The number of fused-ring (bicyclic) bond motifs is 1. The number of esters is 1. The van der Waals surface area contributed by atoms with E-state index in [-0.39, 0.29) is 11.6 Å². The first-order valence-electron chi connectivity index (χ1n) is 4.24. The Morgan fingerprint density at radius 3 is 3.07 bits per heavy atom. The molecule has 0 spiro atoms. The van der Waals surface area contributed by atoms with Gasteiger partial charge in [0, 0.05) is 23.2 Å². The number of benzene rings is 1. The minimum atomic E-state index is -0.676. The van der Waals surface area contributed by atoms with Crippen molar-refractivity contribution in [3.63, 3.8) is 0 Å². The van der Waals surface area contributed by atoms with E-state index in [4.69, 9.17) is 16.3 Å². The molecule has 5 heteroatoms. The smallest absolute Gasteiger partial charge is 0.326 e. The lowest BCUT2D eigenvalue weighted by Crippen LogP contribution is -2.09. The molecule has 3 nitrogen and oxygen atoms in total. The van der Waals surface area contributed by atoms with Crippen LogP contribution < -0.4 is 4.74 Å². The Morgan fingerprint density at radius 2 is 2.33 bits per heavy atom. The van der Waals surface area contributed by atoms with Crippen molar-refractivity contribution in [2.75, 3.05) is 5.88 Å². The van der Waals surface area contributed by atoms with Crippen molar-refractivity contribution in [3.8, 4) is 5.75 Å². The number of halogens is 2. The van der Waals surface area contributed by atoms with Crippen molar-refractivity contribution in [2.24, 2.45) is 0 Å². The molecule has 78 valence electrons. The van der Waals surface area contributed by atoms with Crippen LogP contribution in [-0.2, 0) is 4.79 Å². The van der Waals surface area contributed by atoms with Gasteiger partial charge in [-0.05, 0) is 12.1 Å². The summed E-state index contributed by atoms with van der Waals surface area (Å²) in [4.78, 5) is 13.7. The van der Waals surface area contributed by atoms with Gasteiger partial charge in [0.1, 0.15) is 5.88 Å². The van der Waals surface area contributed by atoms with E-state index in [0.717, 1.165) is 5.39 Å². The zero-order valence-electron chi connectivity index (χ0n) is 7.59. The predicted octanol–water partition coefficient (Wildman–Crippen LogP) is 2.45. The highest BCUT2D eigenvalue weighted by Gasteiger charge is 2.10. The molecular weight excluding hydrogens is 221 g/mol. The Hall–Kier alpha value is -1.55. The van der Waals surface area contributed by atoms with Gasteiger partial charge in [0.05, 0.1) is 0 Å². The summed E-state index contributed by atoms with van der Waals surface area (Å²) in [7, 11) is 0. The fourth-order valence-electron chi connectivity index (χ4n) is 1.28. The van der Waals surface area contributed by atoms with Crippen molar-refractivity contribution in [1.82, 2.24) is 4.98 Å². The van der Waals surface area contributed by atoms with Crippen LogP contribution in [0.2, 0.25) is 0 Å². The normalized spacial score (nSPS) is 10.5. The SMILES string of the molecule is O=C(CCl)Oc1cc2cc[nH]c2cc1F. The van der Waals surface area contributed by atoms with E-state index in [2.05, 4.69) is 4.98 Å². The lowest BCUT2D eigenvalue weighted by atomic mass is 10.2. The number of nitrogens with one attached hydrogen (secondary N) is 1. The van der Waals surface area contributed by atoms with Crippen LogP contribution in [0, 0.1) is 5.82 Å². The number of hydrogen-bond donors (Lipinski definition) is 1. The summed E-state index contributed by atoms with van der Waals surface area (Å²) in [5.74, 6) is -1.67. The minimum absolute atomic E-state index is 0.104. The summed E-state index contributed by atoms with van der Waals surface area (Å²) >= 11 is 5.25. The molecule has 2 aromatic rings. The lowest BCUT2D eigenvalue weighted by molar-refractivity contribution is -0.131. The monoisotopic (exact) mass is 227 g/mol. The molecule has 1 aromatic heterocycles. The van der Waals surface area contributed by atoms with Crippen molar-refractivity contribution in [3.05, 3.63) is 30.2 Å². The fraction of sp³-hybridized carbons (Fsp3) is 0.100. The highest BCUT2D eigenvalue weighted by molar-refractivity contribution is 6.26. The first-order valence-corrected chi connectivity index (χ1v) is 4.77. The Kier molecular flexibility index (Phi) is 2.60. The summed E-state index contributed by atoms with van der Waals surface area (Å²) in [6.45, 7) is 0. The van der Waals surface area contributed by atoms with Crippen LogP contribution in [-0.4, -0.2) is 16.8 Å². The molecule has 1 heterocycles. The lowest BCUT2D eigenvalue weighted by Gasteiger charge is -2.03. The van der Waals surface area contributed by atoms with Crippen molar-refractivity contribution in [2.45, 2.75) is 0 Å². The molecule has 1 N–H and O–H groups in total. The number of rotatable bonds is 2. The first kappa shape index (κ1) is 9.98. The molecule has 0 bridgehead atoms. The average molecular weight is 228 g/mol. The zero-order chi connectivity index (χ0) is 10.8. The Bertz CT molecular complexity index is 509. The Balaban J connectivity index is 2.41. The number of aromatic nitrogens is 1. The van der Waals surface area contributed by atoms with E-state index in [1.807, 2.05) is 0 Å². The van der Waals surface area contributed by atoms with Crippen LogP contribution in [0.25, 0.3) is 10.9 Å². The second kappa shape index (κ2) is 3.90. The average Bonchev–Trinajstić information content (AvgIpc) is 2.65. The van der Waals surface area contributed by atoms with Crippen LogP contribution in [0.3, 0.4) is 0 Å². The van der Waals surface area contributed by atoms with Crippen molar-refractivity contribution >= 4 is 28.5 Å². The molecule has 0 fully saturated rings. The molecule has 0 saturated carbocycles. The second-order valence-corrected chi connectivity index (χ2v) is 3.22. The van der Waals surface area contributed by atoms with Gasteiger partial charge in [0.15, 0.2) is 11.6 Å². The van der Waals surface area contributed by atoms with Gasteiger partial charge in [-0.25, -0.2) is 4.39 Å². The number of ether oxygens (including phenoxy) is 1. The molecule has 0 unspecified atom stereocenters. The number of carbonyl (C=O) groups is 1. The minimum Gasteiger partial charge on any atom is -0.422 e. The van der Waals surface area contributed by atoms with Gasteiger partial charge in [0.2, 0.25) is 0 Å². The topological polar surface area (TPSA) is 42.1 Å². The molecule has 0 saturated heterocycles. The van der Waals surface area contributed by atoms with E-state index >= 15 is 0 Å². The third-order valence-electron chi connectivity index (χ3n) is 1.94. The van der Waals surface area contributed by atoms with Crippen LogP contribution in [0.15, 0.2) is 24.4 Å². The third kappa shape index (κ3) is 1.94. The van der Waals surface area contributed by atoms with Crippen LogP contribution >= 0.6 is 11.6 Å². The molecule has 0 aliphatic heterocycles. The number of aromatic amines is 1. The molecule has 0 aliphatic rings. The van der Waals surface area contributed by atoms with E-state index in [0.29, 0.717) is 5.52 Å². The zero-order valence-corrected chi connectivity index (χ0v) is 8.34. The molecule has 0 aliphatic carbocycles. The number of hydrogen-bond acceptors (Lipinski definition) is 2. The number of H-pyrrole nitrogens is 1. The molecular formula is C10H7ClFNO2. The summed E-state index contributed by atoms with van der Waals surface area (Å²) in [6.07, 6.45) is 1.68. The first-order chi connectivity index (χ1) is 7.20. The van der Waals surface area contributed by atoms with Gasteiger partial charge in [0.25, 0.3) is 0 Å². The van der Waals surface area contributed by atoms with E-state index in [9.17, 15) is 9.18 Å². The highest BCUT2D eigenvalue weighted by Crippen LogP contribution is 2.24.